The summed E-state index contributed by atoms with van der Waals surface area (Å²) in [5.41, 5.74) is 0.664. The Labute approximate surface area is 127 Å². The first-order valence-electron chi connectivity index (χ1n) is 6.25. The number of hydrogen-bond acceptors (Lipinski definition) is 3. The van der Waals surface area contributed by atoms with Crippen LogP contribution in [0.2, 0.25) is 0 Å². The number of Topliss-reactive ketones (excluding diaryl/α,β-unsaturated/α-hetero) is 1. The first-order valence-corrected chi connectivity index (χ1v) is 7.33. The maximum Gasteiger partial charge on any atom is 0.220 e. The fraction of sp³-hybridized carbons (Fsp3) is 0.429. The van der Waals surface area contributed by atoms with E-state index in [9.17, 15) is 9.59 Å². The lowest BCUT2D eigenvalue weighted by atomic mass is 10.1. The van der Waals surface area contributed by atoms with Crippen LogP contribution < -0.4 is 10.6 Å². The van der Waals surface area contributed by atoms with Crippen LogP contribution in [0.1, 0.15) is 30.1 Å². The first kappa shape index (κ1) is 16.1. The molecule has 0 heterocycles. The third kappa shape index (κ3) is 6.15. The Kier molecular flexibility index (Phi) is 7.01. The molecule has 0 radical (unpaired) electrons. The number of benzene rings is 1. The molecule has 0 bridgehead atoms. The van der Waals surface area contributed by atoms with Crippen LogP contribution in [0.15, 0.2) is 24.3 Å². The summed E-state index contributed by atoms with van der Waals surface area (Å²) >= 11 is 2.19. The molecule has 1 aromatic rings. The van der Waals surface area contributed by atoms with Crippen molar-refractivity contribution in [3.05, 3.63) is 33.4 Å². The molecule has 5 heteroatoms. The van der Waals surface area contributed by atoms with E-state index in [0.29, 0.717) is 12.1 Å². The fourth-order valence-electron chi connectivity index (χ4n) is 1.46. The van der Waals surface area contributed by atoms with Gasteiger partial charge in [0.25, 0.3) is 0 Å². The lowest BCUT2D eigenvalue weighted by Crippen LogP contribution is -2.37. The summed E-state index contributed by atoms with van der Waals surface area (Å²) in [7, 11) is 1.84. The van der Waals surface area contributed by atoms with Crippen molar-refractivity contribution in [2.75, 3.05) is 13.6 Å². The maximum absolute atomic E-state index is 11.9. The third-order valence-corrected chi connectivity index (χ3v) is 3.56. The monoisotopic (exact) mass is 374 g/mol. The molecule has 0 spiro atoms. The number of ketones is 1. The smallest absolute Gasteiger partial charge is 0.220 e. The zero-order chi connectivity index (χ0) is 14.3. The molecule has 1 amide bonds. The summed E-state index contributed by atoms with van der Waals surface area (Å²) in [6.45, 7) is 2.56. The van der Waals surface area contributed by atoms with Crippen molar-refractivity contribution in [2.45, 2.75) is 25.8 Å². The summed E-state index contributed by atoms with van der Waals surface area (Å²) in [6, 6.07) is 7.61. The van der Waals surface area contributed by atoms with Crippen molar-refractivity contribution >= 4 is 34.3 Å². The summed E-state index contributed by atoms with van der Waals surface area (Å²) in [5.74, 6) is -0.0748. The van der Waals surface area contributed by atoms with Crippen LogP contribution in [-0.2, 0) is 4.79 Å². The second kappa shape index (κ2) is 8.27. The van der Waals surface area contributed by atoms with Gasteiger partial charge in [0, 0.05) is 34.6 Å². The minimum absolute atomic E-state index is 0.00761. The van der Waals surface area contributed by atoms with Crippen LogP contribution in [0.25, 0.3) is 0 Å². The molecule has 0 saturated heterocycles. The Morgan fingerprint density at radius 2 is 1.84 bits per heavy atom. The molecule has 4 nitrogen and oxygen atoms in total. The van der Waals surface area contributed by atoms with Gasteiger partial charge in [-0.25, -0.2) is 0 Å². The van der Waals surface area contributed by atoms with Crippen LogP contribution in [0.4, 0.5) is 0 Å². The SMILES string of the molecule is CNC(C)CNC(=O)CCC(=O)c1ccc(I)cc1. The molecule has 0 fully saturated rings. The van der Waals surface area contributed by atoms with E-state index in [4.69, 9.17) is 0 Å². The molecule has 0 aliphatic rings. The maximum atomic E-state index is 11.9. The summed E-state index contributed by atoms with van der Waals surface area (Å²) in [6.07, 6.45) is 0.488. The zero-order valence-corrected chi connectivity index (χ0v) is 13.4. The average molecular weight is 374 g/mol. The molecular weight excluding hydrogens is 355 g/mol. The zero-order valence-electron chi connectivity index (χ0n) is 11.2. The summed E-state index contributed by atoms with van der Waals surface area (Å²) in [4.78, 5) is 23.4. The van der Waals surface area contributed by atoms with E-state index in [1.165, 1.54) is 0 Å². The minimum atomic E-state index is -0.0824. The second-order valence-corrected chi connectivity index (χ2v) is 5.67. The van der Waals surface area contributed by atoms with Crippen molar-refractivity contribution in [3.8, 4) is 0 Å². The molecule has 1 rings (SSSR count). The van der Waals surface area contributed by atoms with Crippen molar-refractivity contribution in [2.24, 2.45) is 0 Å². The molecule has 1 atom stereocenters. The minimum Gasteiger partial charge on any atom is -0.355 e. The predicted octanol–water partition coefficient (Wildman–Crippen LogP) is 1.98. The number of nitrogens with one attached hydrogen (secondary N) is 2. The molecule has 0 aromatic heterocycles. The molecule has 2 N–H and O–H groups in total. The van der Waals surface area contributed by atoms with E-state index in [1.807, 2.05) is 26.1 Å². The van der Waals surface area contributed by atoms with E-state index in [0.717, 1.165) is 3.57 Å². The molecule has 1 aromatic carbocycles. The topological polar surface area (TPSA) is 58.2 Å². The van der Waals surface area contributed by atoms with Gasteiger partial charge in [0.2, 0.25) is 5.91 Å². The molecule has 1 unspecified atom stereocenters. The Morgan fingerprint density at radius 1 is 1.21 bits per heavy atom. The predicted molar refractivity (Wildman–Crippen MR) is 84.3 cm³/mol. The lowest BCUT2D eigenvalue weighted by molar-refractivity contribution is -0.121. The Hall–Kier alpha value is -0.950. The number of halogens is 1. The highest BCUT2D eigenvalue weighted by molar-refractivity contribution is 14.1. The Balaban J connectivity index is 2.34. The van der Waals surface area contributed by atoms with Gasteiger partial charge in [-0.2, -0.15) is 0 Å². The van der Waals surface area contributed by atoms with Gasteiger partial charge >= 0.3 is 0 Å². The van der Waals surface area contributed by atoms with Crippen molar-refractivity contribution in [1.29, 1.82) is 0 Å². The van der Waals surface area contributed by atoms with E-state index in [1.54, 1.807) is 12.1 Å². The number of carbonyl (C=O) groups is 2. The Bertz CT molecular complexity index is 432. The van der Waals surface area contributed by atoms with Gasteiger partial charge in [0.15, 0.2) is 5.78 Å². The molecule has 0 saturated carbocycles. The fourth-order valence-corrected chi connectivity index (χ4v) is 1.82. The van der Waals surface area contributed by atoms with Gasteiger partial charge in [-0.15, -0.1) is 0 Å². The van der Waals surface area contributed by atoms with Gasteiger partial charge in [-0.05, 0) is 48.7 Å². The van der Waals surface area contributed by atoms with Crippen LogP contribution >= 0.6 is 22.6 Å². The van der Waals surface area contributed by atoms with E-state index < -0.39 is 0 Å². The number of hydrogen-bond donors (Lipinski definition) is 2. The standard InChI is InChI=1S/C14H19IN2O2/c1-10(16-2)9-17-14(19)8-7-13(18)11-3-5-12(15)6-4-11/h3-6,10,16H,7-9H2,1-2H3,(H,17,19). The number of rotatable bonds is 7. The van der Waals surface area contributed by atoms with E-state index in [-0.39, 0.29) is 30.6 Å². The molecule has 19 heavy (non-hydrogen) atoms. The van der Waals surface area contributed by atoms with Crippen LogP contribution in [-0.4, -0.2) is 31.3 Å². The van der Waals surface area contributed by atoms with E-state index in [2.05, 4.69) is 33.2 Å². The van der Waals surface area contributed by atoms with Crippen molar-refractivity contribution in [1.82, 2.24) is 10.6 Å². The van der Waals surface area contributed by atoms with Gasteiger partial charge < -0.3 is 10.6 Å². The van der Waals surface area contributed by atoms with Gasteiger partial charge in [-0.1, -0.05) is 12.1 Å². The number of likely N-dealkylation sites (N-methyl/N-ethyl adjacent to an activating group) is 1. The van der Waals surface area contributed by atoms with Gasteiger partial charge in [0.1, 0.15) is 0 Å². The summed E-state index contributed by atoms with van der Waals surface area (Å²) < 4.78 is 1.09. The normalized spacial score (nSPS) is 11.9. The highest BCUT2D eigenvalue weighted by Gasteiger charge is 2.09. The molecule has 0 aliphatic heterocycles. The van der Waals surface area contributed by atoms with Crippen molar-refractivity contribution in [3.63, 3.8) is 0 Å². The lowest BCUT2D eigenvalue weighted by Gasteiger charge is -2.11. The largest absolute Gasteiger partial charge is 0.355 e. The Morgan fingerprint density at radius 3 is 2.42 bits per heavy atom. The summed E-state index contributed by atoms with van der Waals surface area (Å²) in [5, 5.41) is 5.83. The van der Waals surface area contributed by atoms with Crippen molar-refractivity contribution < 1.29 is 9.59 Å². The molecular formula is C14H19IN2O2. The number of amides is 1. The first-order chi connectivity index (χ1) is 9.02. The van der Waals surface area contributed by atoms with Gasteiger partial charge in [0.05, 0.1) is 0 Å². The molecule has 104 valence electrons. The van der Waals surface area contributed by atoms with Crippen LogP contribution in [0.5, 0.6) is 0 Å². The number of carbonyl (C=O) groups excluding carboxylic acids is 2. The van der Waals surface area contributed by atoms with Crippen LogP contribution in [0, 0.1) is 3.57 Å². The molecule has 0 aliphatic carbocycles. The quantitative estimate of drug-likeness (QED) is 0.567. The highest BCUT2D eigenvalue weighted by atomic mass is 127. The average Bonchev–Trinajstić information content (AvgIpc) is 2.42. The van der Waals surface area contributed by atoms with Gasteiger partial charge in [-0.3, -0.25) is 9.59 Å². The highest BCUT2D eigenvalue weighted by Crippen LogP contribution is 2.09. The van der Waals surface area contributed by atoms with Crippen LogP contribution in [0.3, 0.4) is 0 Å². The third-order valence-electron chi connectivity index (χ3n) is 2.84. The van der Waals surface area contributed by atoms with E-state index >= 15 is 0 Å². The second-order valence-electron chi connectivity index (χ2n) is 4.42.